The van der Waals surface area contributed by atoms with E-state index in [9.17, 15) is 30.3 Å². The van der Waals surface area contributed by atoms with Crippen molar-refractivity contribution in [3.63, 3.8) is 0 Å². The molecule has 0 aromatic carbocycles. The monoisotopic (exact) mass is 424 g/mol. The van der Waals surface area contributed by atoms with Crippen molar-refractivity contribution >= 4 is 5.97 Å². The van der Waals surface area contributed by atoms with Crippen LogP contribution in [0.25, 0.3) is 0 Å². The molecule has 0 aromatic rings. The Morgan fingerprint density at radius 3 is 2.57 bits per heavy atom. The highest BCUT2D eigenvalue weighted by atomic mass is 16.6. The van der Waals surface area contributed by atoms with Gasteiger partial charge < -0.3 is 35.0 Å². The maximum absolute atomic E-state index is 11.8. The predicted molar refractivity (Wildman–Crippen MR) is 103 cm³/mol. The summed E-state index contributed by atoms with van der Waals surface area (Å²) in [5.41, 5.74) is -2.80. The van der Waals surface area contributed by atoms with E-state index in [1.54, 1.807) is 0 Å². The largest absolute Gasteiger partial charge is 0.465 e. The van der Waals surface area contributed by atoms with E-state index in [1.807, 2.05) is 6.92 Å². The molecule has 4 bridgehead atoms. The summed E-state index contributed by atoms with van der Waals surface area (Å²) >= 11 is 0. The molecule has 2 spiro atoms. The zero-order chi connectivity index (χ0) is 21.9. The molecule has 6 rings (SSSR count). The van der Waals surface area contributed by atoms with Crippen molar-refractivity contribution in [2.75, 3.05) is 13.2 Å². The standard InChI is InChI=1S/C22H32O8/c1-10-12-4-5-13-20-9-30-22(28,21(13,16(10)25)17(12)26)18(27)15(20)19(3,7-6-14(20)24)8-29-11(2)23/h12-18,24-28H,1,4-9H2,2-3H3/t12-,13-,14-,15+,16+,17+,18-,19-,20+,21-,22-/m0/s1. The lowest BCUT2D eigenvalue weighted by molar-refractivity contribution is -0.478. The molecule has 2 aliphatic heterocycles. The zero-order valence-electron chi connectivity index (χ0n) is 17.5. The highest BCUT2D eigenvalue weighted by molar-refractivity contribution is 5.65. The average molecular weight is 424 g/mol. The fraction of sp³-hybridized carbons (Fsp3) is 0.864. The maximum Gasteiger partial charge on any atom is 0.302 e. The molecule has 2 saturated heterocycles. The molecule has 6 aliphatic rings. The van der Waals surface area contributed by atoms with Crippen LogP contribution in [-0.4, -0.2) is 74.9 Å². The first-order valence-corrected chi connectivity index (χ1v) is 10.9. The smallest absolute Gasteiger partial charge is 0.302 e. The van der Waals surface area contributed by atoms with Crippen LogP contribution < -0.4 is 0 Å². The molecule has 11 atom stereocenters. The summed E-state index contributed by atoms with van der Waals surface area (Å²) in [6.07, 6.45) is -2.66. The number of esters is 1. The van der Waals surface area contributed by atoms with Gasteiger partial charge in [0, 0.05) is 29.6 Å². The van der Waals surface area contributed by atoms with E-state index in [0.717, 1.165) is 0 Å². The van der Waals surface area contributed by atoms with Crippen molar-refractivity contribution in [1.82, 2.24) is 0 Å². The van der Waals surface area contributed by atoms with Crippen molar-refractivity contribution in [1.29, 1.82) is 0 Å². The highest BCUT2D eigenvalue weighted by Gasteiger charge is 2.86. The van der Waals surface area contributed by atoms with Gasteiger partial charge >= 0.3 is 5.97 Å². The Bertz CT molecular complexity index is 800. The Morgan fingerprint density at radius 1 is 1.20 bits per heavy atom. The first-order valence-electron chi connectivity index (χ1n) is 10.9. The van der Waals surface area contributed by atoms with Crippen LogP contribution >= 0.6 is 0 Å². The molecule has 8 nitrogen and oxygen atoms in total. The number of fused-ring (bicyclic) bond motifs is 2. The molecule has 0 aromatic heterocycles. The molecule has 4 saturated carbocycles. The zero-order valence-corrected chi connectivity index (χ0v) is 17.5. The lowest BCUT2D eigenvalue weighted by atomic mass is 9.35. The topological polar surface area (TPSA) is 137 Å². The molecule has 6 fully saturated rings. The van der Waals surface area contributed by atoms with E-state index >= 15 is 0 Å². The van der Waals surface area contributed by atoms with Crippen molar-refractivity contribution in [2.24, 2.45) is 34.0 Å². The van der Waals surface area contributed by atoms with Gasteiger partial charge in [-0.2, -0.15) is 0 Å². The summed E-state index contributed by atoms with van der Waals surface area (Å²) in [5.74, 6) is -4.14. The van der Waals surface area contributed by atoms with Crippen molar-refractivity contribution < 1.29 is 39.8 Å². The summed E-state index contributed by atoms with van der Waals surface area (Å²) in [4.78, 5) is 11.5. The lowest BCUT2D eigenvalue weighted by Gasteiger charge is -2.75. The quantitative estimate of drug-likeness (QED) is 0.301. The minimum Gasteiger partial charge on any atom is -0.465 e. The molecule has 0 unspecified atom stereocenters. The number of aliphatic hydroxyl groups excluding tert-OH is 4. The Hall–Kier alpha value is -1.03. The van der Waals surface area contributed by atoms with Crippen LogP contribution in [0.1, 0.15) is 39.5 Å². The van der Waals surface area contributed by atoms with E-state index in [-0.39, 0.29) is 13.2 Å². The van der Waals surface area contributed by atoms with Crippen LogP contribution in [0.4, 0.5) is 0 Å². The van der Waals surface area contributed by atoms with Gasteiger partial charge in [0.25, 0.3) is 0 Å². The van der Waals surface area contributed by atoms with Crippen LogP contribution in [0.3, 0.4) is 0 Å². The third kappa shape index (κ3) is 1.97. The lowest BCUT2D eigenvalue weighted by Crippen LogP contribution is -2.86. The molecule has 5 N–H and O–H groups in total. The second-order valence-corrected chi connectivity index (χ2v) is 10.6. The summed E-state index contributed by atoms with van der Waals surface area (Å²) in [6, 6.07) is 0. The molecule has 2 heterocycles. The SMILES string of the molecule is C=C1[C@@H](O)[C@]23[C@H](O)[C@H]1CC[C@H]2[C@@]12CO[C@@]3(O)[C@@H](O)[C@@H]1[C@](C)(COC(C)=O)CC[C@@H]2O. The Kier molecular flexibility index (Phi) is 4.21. The molecular weight excluding hydrogens is 392 g/mol. The van der Waals surface area contributed by atoms with Crippen molar-refractivity contribution in [3.05, 3.63) is 12.2 Å². The number of carbonyl (C=O) groups is 1. The van der Waals surface area contributed by atoms with Crippen LogP contribution in [0, 0.1) is 34.0 Å². The third-order valence-corrected chi connectivity index (χ3v) is 9.57. The summed E-state index contributed by atoms with van der Waals surface area (Å²) in [5, 5.41) is 57.3. The minimum atomic E-state index is -2.20. The highest BCUT2D eigenvalue weighted by Crippen LogP contribution is 2.77. The van der Waals surface area contributed by atoms with Crippen molar-refractivity contribution in [2.45, 2.75) is 69.7 Å². The normalized spacial score (nSPS) is 58.9. The molecule has 168 valence electrons. The van der Waals surface area contributed by atoms with Crippen LogP contribution in [-0.2, 0) is 14.3 Å². The van der Waals surface area contributed by atoms with E-state index in [4.69, 9.17) is 9.47 Å². The van der Waals surface area contributed by atoms with E-state index in [0.29, 0.717) is 31.3 Å². The van der Waals surface area contributed by atoms with Gasteiger partial charge in [-0.15, -0.1) is 0 Å². The molecule has 0 amide bonds. The molecular formula is C22H32O8. The van der Waals surface area contributed by atoms with Crippen LogP contribution in [0.2, 0.25) is 0 Å². The van der Waals surface area contributed by atoms with Gasteiger partial charge in [0.05, 0.1) is 36.9 Å². The summed E-state index contributed by atoms with van der Waals surface area (Å²) < 4.78 is 11.2. The third-order valence-electron chi connectivity index (χ3n) is 9.57. The van der Waals surface area contributed by atoms with Crippen LogP contribution in [0.15, 0.2) is 12.2 Å². The minimum absolute atomic E-state index is 0.00501. The summed E-state index contributed by atoms with van der Waals surface area (Å²) in [6.45, 7) is 7.26. The number of aliphatic hydroxyl groups is 5. The number of ether oxygens (including phenoxy) is 2. The molecule has 0 radical (unpaired) electrons. The maximum atomic E-state index is 11.8. The number of hydrogen-bond donors (Lipinski definition) is 5. The number of rotatable bonds is 2. The van der Waals surface area contributed by atoms with Crippen LogP contribution in [0.5, 0.6) is 0 Å². The second kappa shape index (κ2) is 6.05. The second-order valence-electron chi connectivity index (χ2n) is 10.6. The summed E-state index contributed by atoms with van der Waals surface area (Å²) in [7, 11) is 0. The molecule has 30 heavy (non-hydrogen) atoms. The first-order chi connectivity index (χ1) is 14.0. The molecule has 8 heteroatoms. The Balaban J connectivity index is 1.70. The average Bonchev–Trinajstić information content (AvgIpc) is 2.80. The fourth-order valence-corrected chi connectivity index (χ4v) is 8.42. The number of hydrogen-bond acceptors (Lipinski definition) is 8. The fourth-order valence-electron chi connectivity index (χ4n) is 8.42. The molecule has 4 aliphatic carbocycles. The van der Waals surface area contributed by atoms with E-state index < -0.39 is 70.2 Å². The van der Waals surface area contributed by atoms with Crippen molar-refractivity contribution in [3.8, 4) is 0 Å². The van der Waals surface area contributed by atoms with Gasteiger partial charge in [0.1, 0.15) is 6.10 Å². The Morgan fingerprint density at radius 2 is 1.90 bits per heavy atom. The Labute approximate surface area is 175 Å². The first kappa shape index (κ1) is 20.8. The predicted octanol–water partition coefficient (Wildman–Crippen LogP) is -0.289. The van der Waals surface area contributed by atoms with Gasteiger partial charge in [-0.3, -0.25) is 4.79 Å². The van der Waals surface area contributed by atoms with Gasteiger partial charge in [-0.05, 0) is 37.2 Å². The van der Waals surface area contributed by atoms with Gasteiger partial charge in [-0.25, -0.2) is 0 Å². The van der Waals surface area contributed by atoms with Gasteiger partial charge in [0.2, 0.25) is 5.79 Å². The van der Waals surface area contributed by atoms with E-state index in [2.05, 4.69) is 6.58 Å². The van der Waals surface area contributed by atoms with Gasteiger partial charge in [0.15, 0.2) is 0 Å². The van der Waals surface area contributed by atoms with Gasteiger partial charge in [-0.1, -0.05) is 13.5 Å². The number of carbonyl (C=O) groups excluding carboxylic acids is 1. The van der Waals surface area contributed by atoms with E-state index in [1.165, 1.54) is 6.92 Å².